The highest BCUT2D eigenvalue weighted by molar-refractivity contribution is 5.91. The van der Waals surface area contributed by atoms with E-state index in [0.29, 0.717) is 30.9 Å². The Bertz CT molecular complexity index is 1780. The zero-order valence-corrected chi connectivity index (χ0v) is 29.3. The monoisotopic (exact) mass is 763 g/mol. The van der Waals surface area contributed by atoms with Crippen molar-refractivity contribution in [3.05, 3.63) is 76.1 Å². The number of carbonyl (C=O) groups excluding carboxylic acids is 1. The number of carboxylic acid groups (broad SMARTS) is 1. The fraction of sp³-hybridized carbons (Fsp3) is 0.486. The highest BCUT2D eigenvalue weighted by Gasteiger charge is 2.41. The molecule has 4 rings (SSSR count). The molecule has 0 unspecified atom stereocenters. The molecule has 0 radical (unpaired) electrons. The molecule has 2 aromatic carbocycles. The largest absolute Gasteiger partial charge is 0.481 e. The fourth-order valence-corrected chi connectivity index (χ4v) is 5.95. The van der Waals surface area contributed by atoms with Crippen molar-refractivity contribution >= 4 is 29.4 Å². The van der Waals surface area contributed by atoms with Gasteiger partial charge in [0.25, 0.3) is 0 Å². The van der Waals surface area contributed by atoms with Crippen LogP contribution in [0.1, 0.15) is 87.0 Å². The zero-order valence-electron chi connectivity index (χ0n) is 29.3. The van der Waals surface area contributed by atoms with E-state index in [9.17, 15) is 54.2 Å². The summed E-state index contributed by atoms with van der Waals surface area (Å²) in [6.07, 6.45) is -14.8. The number of carbonyl (C=O) groups is 2. The molecule has 0 saturated heterocycles. The third-order valence-corrected chi connectivity index (χ3v) is 8.94. The van der Waals surface area contributed by atoms with Crippen LogP contribution in [0.4, 0.5) is 61.6 Å². The van der Waals surface area contributed by atoms with Crippen LogP contribution < -0.4 is 15.1 Å². The van der Waals surface area contributed by atoms with Crippen molar-refractivity contribution in [3.8, 4) is 0 Å². The van der Waals surface area contributed by atoms with E-state index in [4.69, 9.17) is 4.74 Å². The lowest BCUT2D eigenvalue weighted by molar-refractivity contribution is -0.149. The van der Waals surface area contributed by atoms with Crippen LogP contribution in [0.5, 0.6) is 0 Å². The first-order chi connectivity index (χ1) is 24.5. The SMILES string of the molecule is CC[C@@H]1C[C@H](Nc2ncc(N(CC)CC)c(Cc3cc(C(F)(F)F)cc(C(F)(F)F)c3)n2)c2cc(C(F)(F)F)ccc2N1C(=O)OCC(C)(C)C(=O)O. The molecule has 0 fully saturated rings. The smallest absolute Gasteiger partial charge is 0.416 e. The molecule has 2 N–H and O–H groups in total. The van der Waals surface area contributed by atoms with Gasteiger partial charge in [0.15, 0.2) is 0 Å². The molecule has 18 heteroatoms. The van der Waals surface area contributed by atoms with Gasteiger partial charge >= 0.3 is 30.6 Å². The third-order valence-electron chi connectivity index (χ3n) is 8.94. The third kappa shape index (κ3) is 9.43. The van der Waals surface area contributed by atoms with E-state index >= 15 is 0 Å². The second-order valence-corrected chi connectivity index (χ2v) is 13.2. The average Bonchev–Trinajstić information content (AvgIpc) is 3.06. The summed E-state index contributed by atoms with van der Waals surface area (Å²) < 4.78 is 129. The van der Waals surface area contributed by atoms with E-state index in [1.807, 2.05) is 0 Å². The minimum Gasteiger partial charge on any atom is -0.481 e. The summed E-state index contributed by atoms with van der Waals surface area (Å²) in [5.74, 6) is -1.42. The molecule has 2 atom stereocenters. The molecule has 53 heavy (non-hydrogen) atoms. The number of carboxylic acids is 1. The van der Waals surface area contributed by atoms with E-state index in [-0.39, 0.29) is 47.4 Å². The Morgan fingerprint density at radius 1 is 0.906 bits per heavy atom. The lowest BCUT2D eigenvalue weighted by atomic mass is 9.89. The standard InChI is InChI=1S/C35H38F9N5O4/c1-6-23-16-25(24-15-20(33(36,37)38)9-10-27(24)49(23)31(52)53-18-32(4,5)29(50)51)46-30-45-17-28(48(7-2)8-3)26(47-30)13-19-11-21(34(39,40)41)14-22(12-19)35(42,43)44/h9-12,14-15,17,23,25H,6-8,13,16,18H2,1-5H3,(H,50,51)(H,45,46,47)/t23-,25+/m1/s1. The molecule has 3 aromatic rings. The number of rotatable bonds is 11. The number of hydrogen-bond donors (Lipinski definition) is 2. The number of hydrogen-bond acceptors (Lipinski definition) is 7. The topological polar surface area (TPSA) is 108 Å². The number of fused-ring (bicyclic) bond motifs is 1. The van der Waals surface area contributed by atoms with Crippen LogP contribution >= 0.6 is 0 Å². The quantitative estimate of drug-likeness (QED) is 0.186. The minimum absolute atomic E-state index is 0.00960. The molecule has 2 heterocycles. The lowest BCUT2D eigenvalue weighted by Crippen LogP contribution is -2.47. The number of halogens is 9. The first-order valence-electron chi connectivity index (χ1n) is 16.6. The molecule has 1 aromatic heterocycles. The molecule has 1 amide bonds. The van der Waals surface area contributed by atoms with Crippen LogP contribution in [0.25, 0.3) is 0 Å². The summed E-state index contributed by atoms with van der Waals surface area (Å²) in [6.45, 7) is 8.15. The van der Waals surface area contributed by atoms with E-state index in [2.05, 4.69) is 15.3 Å². The van der Waals surface area contributed by atoms with E-state index < -0.39 is 77.8 Å². The van der Waals surface area contributed by atoms with Crippen molar-refractivity contribution in [1.29, 1.82) is 0 Å². The summed E-state index contributed by atoms with van der Waals surface area (Å²) in [4.78, 5) is 36.7. The van der Waals surface area contributed by atoms with Gasteiger partial charge < -0.3 is 20.1 Å². The van der Waals surface area contributed by atoms with Crippen LogP contribution in [0.15, 0.2) is 42.6 Å². The number of amides is 1. The Morgan fingerprint density at radius 2 is 1.49 bits per heavy atom. The maximum absolute atomic E-state index is 13.9. The Kier molecular flexibility index (Phi) is 11.8. The van der Waals surface area contributed by atoms with E-state index in [0.717, 1.165) is 23.1 Å². The number of aliphatic carboxylic acids is 1. The van der Waals surface area contributed by atoms with Crippen LogP contribution in [0.2, 0.25) is 0 Å². The first kappa shape index (κ1) is 41.0. The Labute approximate surface area is 299 Å². The Balaban J connectivity index is 1.80. The Hall–Kier alpha value is -4.77. The highest BCUT2D eigenvalue weighted by Crippen LogP contribution is 2.44. The van der Waals surface area contributed by atoms with Crippen LogP contribution in [0, 0.1) is 5.41 Å². The summed E-state index contributed by atoms with van der Waals surface area (Å²) in [5, 5.41) is 12.4. The van der Waals surface area contributed by atoms with Crippen LogP contribution in [0.3, 0.4) is 0 Å². The van der Waals surface area contributed by atoms with E-state index in [1.54, 1.807) is 25.7 Å². The lowest BCUT2D eigenvalue weighted by Gasteiger charge is -2.40. The number of ether oxygens (including phenoxy) is 1. The van der Waals surface area contributed by atoms with Gasteiger partial charge in [-0.05, 0) is 88.1 Å². The van der Waals surface area contributed by atoms with Gasteiger partial charge in [0.1, 0.15) is 6.61 Å². The molecule has 0 saturated carbocycles. The fourth-order valence-electron chi connectivity index (χ4n) is 5.95. The number of anilines is 3. The van der Waals surface area contributed by atoms with Crippen molar-refractivity contribution in [2.24, 2.45) is 5.41 Å². The van der Waals surface area contributed by atoms with Crippen molar-refractivity contribution < 1.29 is 58.9 Å². The summed E-state index contributed by atoms with van der Waals surface area (Å²) >= 11 is 0. The number of benzene rings is 2. The van der Waals surface area contributed by atoms with Gasteiger partial charge in [0.2, 0.25) is 5.95 Å². The van der Waals surface area contributed by atoms with E-state index in [1.165, 1.54) is 20.0 Å². The predicted octanol–water partition coefficient (Wildman–Crippen LogP) is 9.36. The van der Waals surface area contributed by atoms with Crippen LogP contribution in [-0.4, -0.2) is 52.9 Å². The van der Waals surface area contributed by atoms with Gasteiger partial charge in [0, 0.05) is 25.6 Å². The van der Waals surface area contributed by atoms with Gasteiger partial charge in [-0.2, -0.15) is 39.5 Å². The number of nitrogens with one attached hydrogen (secondary N) is 1. The molecular formula is C35H38F9N5O4. The molecule has 1 aliphatic rings. The van der Waals surface area contributed by atoms with Gasteiger partial charge in [-0.25, -0.2) is 14.8 Å². The molecule has 290 valence electrons. The second-order valence-electron chi connectivity index (χ2n) is 13.2. The zero-order chi connectivity index (χ0) is 39.7. The minimum atomic E-state index is -5.08. The number of nitrogens with zero attached hydrogens (tertiary/aromatic N) is 4. The summed E-state index contributed by atoms with van der Waals surface area (Å²) in [6, 6.07) is 2.28. The van der Waals surface area contributed by atoms with Gasteiger partial charge in [-0.3, -0.25) is 9.69 Å². The molecule has 9 nitrogen and oxygen atoms in total. The molecule has 1 aliphatic heterocycles. The molecule has 0 aliphatic carbocycles. The first-order valence-corrected chi connectivity index (χ1v) is 16.6. The Morgan fingerprint density at radius 3 is 2.00 bits per heavy atom. The van der Waals surface area contributed by atoms with Crippen LogP contribution in [-0.2, 0) is 34.5 Å². The second kappa shape index (κ2) is 15.3. The molecular weight excluding hydrogens is 725 g/mol. The summed E-state index contributed by atoms with van der Waals surface area (Å²) in [7, 11) is 0. The van der Waals surface area contributed by atoms with Crippen molar-refractivity contribution in [3.63, 3.8) is 0 Å². The summed E-state index contributed by atoms with van der Waals surface area (Å²) in [5.41, 5.74) is -5.44. The van der Waals surface area contributed by atoms with Crippen molar-refractivity contribution in [2.45, 2.75) is 84.5 Å². The average molecular weight is 764 g/mol. The number of alkyl halides is 9. The maximum Gasteiger partial charge on any atom is 0.416 e. The number of aromatic nitrogens is 2. The maximum atomic E-state index is 13.9. The van der Waals surface area contributed by atoms with Crippen molar-refractivity contribution in [1.82, 2.24) is 9.97 Å². The van der Waals surface area contributed by atoms with Crippen molar-refractivity contribution in [2.75, 3.05) is 34.8 Å². The normalized spacial score (nSPS) is 16.6. The van der Waals surface area contributed by atoms with Gasteiger partial charge in [-0.15, -0.1) is 0 Å². The van der Waals surface area contributed by atoms with Gasteiger partial charge in [0.05, 0.1) is 51.4 Å². The molecule has 0 bridgehead atoms. The molecule has 0 spiro atoms. The predicted molar refractivity (Wildman–Crippen MR) is 177 cm³/mol. The van der Waals surface area contributed by atoms with Gasteiger partial charge in [-0.1, -0.05) is 6.92 Å². The highest BCUT2D eigenvalue weighted by atomic mass is 19.4.